The van der Waals surface area contributed by atoms with Gasteiger partial charge in [-0.15, -0.1) is 0 Å². The van der Waals surface area contributed by atoms with Gasteiger partial charge in [0.1, 0.15) is 5.82 Å². The molecule has 1 unspecified atom stereocenters. The summed E-state index contributed by atoms with van der Waals surface area (Å²) in [6, 6.07) is 11.9. The summed E-state index contributed by atoms with van der Waals surface area (Å²) in [4.78, 5) is 1.93. The van der Waals surface area contributed by atoms with Crippen molar-refractivity contribution in [2.75, 3.05) is 11.9 Å². The summed E-state index contributed by atoms with van der Waals surface area (Å²) < 4.78 is 13.9. The Balaban J connectivity index is 2.36. The molecule has 0 aromatic heterocycles. The zero-order valence-electron chi connectivity index (χ0n) is 11.5. The van der Waals surface area contributed by atoms with Gasteiger partial charge in [0, 0.05) is 28.9 Å². The highest BCUT2D eigenvalue weighted by molar-refractivity contribution is 6.30. The second-order valence-electron chi connectivity index (χ2n) is 4.74. The van der Waals surface area contributed by atoms with Crippen LogP contribution in [0.15, 0.2) is 42.5 Å². The predicted octanol–water partition coefficient (Wildman–Crippen LogP) is 4.17. The standard InChI is InChI=1S/C16H17ClFNO/c1-11(14-5-3-4-6-15(14)18)19(2)16-8-7-13(17)9-12(16)10-20/h3-9,11,20H,10H2,1-2H3. The van der Waals surface area contributed by atoms with Gasteiger partial charge >= 0.3 is 0 Å². The molecule has 0 aliphatic heterocycles. The van der Waals surface area contributed by atoms with Gasteiger partial charge in [0.15, 0.2) is 0 Å². The first-order valence-electron chi connectivity index (χ1n) is 6.41. The van der Waals surface area contributed by atoms with E-state index in [1.807, 2.05) is 31.0 Å². The number of benzene rings is 2. The van der Waals surface area contributed by atoms with Gasteiger partial charge in [-0.05, 0) is 31.2 Å². The summed E-state index contributed by atoms with van der Waals surface area (Å²) in [6.45, 7) is 1.82. The van der Waals surface area contributed by atoms with Gasteiger partial charge in [-0.3, -0.25) is 0 Å². The number of nitrogens with zero attached hydrogens (tertiary/aromatic N) is 1. The van der Waals surface area contributed by atoms with E-state index in [4.69, 9.17) is 11.6 Å². The van der Waals surface area contributed by atoms with Crippen LogP contribution in [0.4, 0.5) is 10.1 Å². The Morgan fingerprint density at radius 3 is 2.60 bits per heavy atom. The molecular formula is C16H17ClFNO. The molecule has 1 atom stereocenters. The Labute approximate surface area is 123 Å². The van der Waals surface area contributed by atoms with Crippen LogP contribution in [0.5, 0.6) is 0 Å². The van der Waals surface area contributed by atoms with E-state index in [1.54, 1.807) is 24.3 Å². The van der Waals surface area contributed by atoms with Crippen LogP contribution in [0, 0.1) is 5.82 Å². The topological polar surface area (TPSA) is 23.5 Å². The summed E-state index contributed by atoms with van der Waals surface area (Å²) in [7, 11) is 1.87. The molecule has 0 aliphatic carbocycles. The zero-order valence-corrected chi connectivity index (χ0v) is 12.2. The maximum absolute atomic E-state index is 13.9. The van der Waals surface area contributed by atoms with Crippen LogP contribution in [-0.4, -0.2) is 12.2 Å². The maximum atomic E-state index is 13.9. The quantitative estimate of drug-likeness (QED) is 0.914. The van der Waals surface area contributed by atoms with E-state index < -0.39 is 0 Å². The molecule has 1 N–H and O–H groups in total. The summed E-state index contributed by atoms with van der Waals surface area (Å²) in [5.41, 5.74) is 2.18. The van der Waals surface area contributed by atoms with Gasteiger partial charge < -0.3 is 10.0 Å². The molecule has 0 spiro atoms. The fraction of sp³-hybridized carbons (Fsp3) is 0.250. The summed E-state index contributed by atoms with van der Waals surface area (Å²) in [5.74, 6) is -0.230. The second-order valence-corrected chi connectivity index (χ2v) is 5.18. The third kappa shape index (κ3) is 2.94. The first-order chi connectivity index (χ1) is 9.54. The number of halogens is 2. The average Bonchev–Trinajstić information content (AvgIpc) is 2.46. The molecule has 0 saturated heterocycles. The molecule has 0 radical (unpaired) electrons. The van der Waals surface area contributed by atoms with Crippen molar-refractivity contribution in [1.29, 1.82) is 0 Å². The highest BCUT2D eigenvalue weighted by atomic mass is 35.5. The molecule has 4 heteroatoms. The molecule has 2 aromatic carbocycles. The zero-order chi connectivity index (χ0) is 14.7. The highest BCUT2D eigenvalue weighted by Crippen LogP contribution is 2.31. The van der Waals surface area contributed by atoms with Crippen molar-refractivity contribution in [3.05, 3.63) is 64.4 Å². The Hall–Kier alpha value is -1.58. The Morgan fingerprint density at radius 1 is 1.25 bits per heavy atom. The van der Waals surface area contributed by atoms with Gasteiger partial charge in [0.2, 0.25) is 0 Å². The van der Waals surface area contributed by atoms with Crippen LogP contribution in [0.1, 0.15) is 24.1 Å². The lowest BCUT2D eigenvalue weighted by Gasteiger charge is -2.29. The second kappa shape index (κ2) is 6.25. The van der Waals surface area contributed by atoms with E-state index in [1.165, 1.54) is 6.07 Å². The van der Waals surface area contributed by atoms with Crippen molar-refractivity contribution in [2.45, 2.75) is 19.6 Å². The lowest BCUT2D eigenvalue weighted by atomic mass is 10.0. The third-order valence-corrected chi connectivity index (χ3v) is 3.76. The van der Waals surface area contributed by atoms with Crippen LogP contribution in [0.3, 0.4) is 0 Å². The summed E-state index contributed by atoms with van der Waals surface area (Å²) >= 11 is 5.93. The van der Waals surface area contributed by atoms with E-state index in [9.17, 15) is 9.50 Å². The minimum absolute atomic E-state index is 0.107. The van der Waals surface area contributed by atoms with E-state index in [0.717, 1.165) is 11.3 Å². The number of rotatable bonds is 4. The molecule has 2 rings (SSSR count). The van der Waals surface area contributed by atoms with Crippen molar-refractivity contribution in [1.82, 2.24) is 0 Å². The molecule has 0 saturated carbocycles. The number of aliphatic hydroxyl groups excluding tert-OH is 1. The number of hydrogen-bond acceptors (Lipinski definition) is 2. The molecular weight excluding hydrogens is 277 g/mol. The minimum atomic E-state index is -0.230. The average molecular weight is 294 g/mol. The van der Waals surface area contributed by atoms with Crippen molar-refractivity contribution < 1.29 is 9.50 Å². The lowest BCUT2D eigenvalue weighted by molar-refractivity contribution is 0.282. The van der Waals surface area contributed by atoms with Crippen LogP contribution < -0.4 is 4.90 Å². The fourth-order valence-corrected chi connectivity index (χ4v) is 2.45. The van der Waals surface area contributed by atoms with E-state index in [-0.39, 0.29) is 18.5 Å². The Bertz CT molecular complexity index is 603. The van der Waals surface area contributed by atoms with E-state index >= 15 is 0 Å². The lowest BCUT2D eigenvalue weighted by Crippen LogP contribution is -2.23. The van der Waals surface area contributed by atoms with Gasteiger partial charge in [-0.1, -0.05) is 29.8 Å². The smallest absolute Gasteiger partial charge is 0.128 e. The van der Waals surface area contributed by atoms with Gasteiger partial charge in [0.05, 0.1) is 12.6 Å². The molecule has 0 fully saturated rings. The molecule has 0 amide bonds. The third-order valence-electron chi connectivity index (χ3n) is 3.53. The monoisotopic (exact) mass is 293 g/mol. The number of aliphatic hydroxyl groups is 1. The van der Waals surface area contributed by atoms with Gasteiger partial charge in [-0.2, -0.15) is 0 Å². The SMILES string of the molecule is CC(c1ccccc1F)N(C)c1ccc(Cl)cc1CO. The van der Waals surface area contributed by atoms with Gasteiger partial charge in [-0.25, -0.2) is 4.39 Å². The summed E-state index contributed by atoms with van der Waals surface area (Å²) in [5, 5.41) is 10.0. The van der Waals surface area contributed by atoms with Crippen LogP contribution in [0.25, 0.3) is 0 Å². The van der Waals surface area contributed by atoms with Crippen molar-refractivity contribution in [3.63, 3.8) is 0 Å². The number of hydrogen-bond donors (Lipinski definition) is 1. The molecule has 0 heterocycles. The maximum Gasteiger partial charge on any atom is 0.128 e. The van der Waals surface area contributed by atoms with Crippen LogP contribution >= 0.6 is 11.6 Å². The molecule has 0 aliphatic rings. The van der Waals surface area contributed by atoms with Gasteiger partial charge in [0.25, 0.3) is 0 Å². The van der Waals surface area contributed by atoms with Crippen molar-refractivity contribution >= 4 is 17.3 Å². The molecule has 0 bridgehead atoms. The molecule has 2 nitrogen and oxygen atoms in total. The molecule has 2 aromatic rings. The largest absolute Gasteiger partial charge is 0.392 e. The van der Waals surface area contributed by atoms with E-state index in [2.05, 4.69) is 0 Å². The van der Waals surface area contributed by atoms with Crippen LogP contribution in [-0.2, 0) is 6.61 Å². The van der Waals surface area contributed by atoms with E-state index in [0.29, 0.717) is 10.6 Å². The van der Waals surface area contributed by atoms with Crippen molar-refractivity contribution in [2.24, 2.45) is 0 Å². The van der Waals surface area contributed by atoms with Crippen molar-refractivity contribution in [3.8, 4) is 0 Å². The Morgan fingerprint density at radius 2 is 1.95 bits per heavy atom. The highest BCUT2D eigenvalue weighted by Gasteiger charge is 2.18. The normalized spacial score (nSPS) is 12.2. The predicted molar refractivity (Wildman–Crippen MR) is 80.6 cm³/mol. The number of anilines is 1. The first-order valence-corrected chi connectivity index (χ1v) is 6.79. The van der Waals surface area contributed by atoms with Crippen LogP contribution in [0.2, 0.25) is 5.02 Å². The first kappa shape index (κ1) is 14.8. The Kier molecular flexibility index (Phi) is 4.63. The molecule has 20 heavy (non-hydrogen) atoms. The minimum Gasteiger partial charge on any atom is -0.392 e. The summed E-state index contributed by atoms with van der Waals surface area (Å²) in [6.07, 6.45) is 0. The fourth-order valence-electron chi connectivity index (χ4n) is 2.26. The molecule has 106 valence electrons.